The number of anilines is 3. The molecule has 0 radical (unpaired) electrons. The molecule has 2 N–H and O–H groups in total. The number of nitrogens with zero attached hydrogens (tertiary/aromatic N) is 6. The Morgan fingerprint density at radius 1 is 1.15 bits per heavy atom. The fourth-order valence-corrected chi connectivity index (χ4v) is 4.96. The summed E-state index contributed by atoms with van der Waals surface area (Å²) >= 11 is 0. The summed E-state index contributed by atoms with van der Waals surface area (Å²) in [7, 11) is 1.78. The van der Waals surface area contributed by atoms with Crippen LogP contribution < -0.4 is 10.2 Å². The summed E-state index contributed by atoms with van der Waals surface area (Å²) in [5, 5.41) is 8.87. The molecule has 39 heavy (non-hydrogen) atoms. The lowest BCUT2D eigenvalue weighted by molar-refractivity contribution is -0.0156. The van der Waals surface area contributed by atoms with Crippen LogP contribution in [-0.4, -0.2) is 61.6 Å². The number of halogens is 4. The highest BCUT2D eigenvalue weighted by Crippen LogP contribution is 2.30. The van der Waals surface area contributed by atoms with E-state index in [1.165, 1.54) is 11.1 Å². The highest BCUT2D eigenvalue weighted by atomic mass is 19.3. The topological polar surface area (TPSA) is 95.0 Å². The van der Waals surface area contributed by atoms with Crippen LogP contribution in [0, 0.1) is 17.7 Å². The third-order valence-electron chi connectivity index (χ3n) is 7.28. The molecule has 0 atom stereocenters. The number of likely N-dealkylation sites (tertiary alicyclic amines) is 1. The molecule has 2 aliphatic rings. The van der Waals surface area contributed by atoms with Gasteiger partial charge < -0.3 is 19.7 Å². The first-order valence-electron chi connectivity index (χ1n) is 12.4. The van der Waals surface area contributed by atoms with Gasteiger partial charge in [0.15, 0.2) is 11.6 Å². The summed E-state index contributed by atoms with van der Waals surface area (Å²) in [5.41, 5.74) is 3.84. The normalized spacial score (nSPS) is 15.4. The number of carbonyl (C=O) groups excluding carboxylic acids is 1. The molecule has 0 unspecified atom stereocenters. The standard InChI is InChI=1S/C26H24F4N8O/c1-36-20(25(39)38-11-16(12-38)22(28)29)8-15-6-7-37(13-21(15)36)26-31-10-19(27)24(34-26)33-17-4-2-14(3-5-17)18-9-32-35-23(18)30/h2-5,8-10,16,22H,6-7,11-13H2,1H3,(H,32,35)(H,31,33,34). The van der Waals surface area contributed by atoms with E-state index in [0.717, 1.165) is 17.5 Å². The smallest absolute Gasteiger partial charge is 0.270 e. The van der Waals surface area contributed by atoms with Crippen LogP contribution in [0.4, 0.5) is 35.0 Å². The second-order valence-corrected chi connectivity index (χ2v) is 9.70. The second kappa shape index (κ2) is 9.71. The van der Waals surface area contributed by atoms with Crippen LogP contribution in [0.3, 0.4) is 0 Å². The molecule has 0 saturated carbocycles. The Morgan fingerprint density at radius 2 is 1.92 bits per heavy atom. The molecule has 0 aliphatic carbocycles. The number of fused-ring (bicyclic) bond motifs is 1. The van der Waals surface area contributed by atoms with Gasteiger partial charge in [-0.05, 0) is 35.7 Å². The van der Waals surface area contributed by atoms with Gasteiger partial charge in [0.25, 0.3) is 5.91 Å². The van der Waals surface area contributed by atoms with Crippen molar-refractivity contribution >= 4 is 23.4 Å². The zero-order valence-corrected chi connectivity index (χ0v) is 20.8. The lowest BCUT2D eigenvalue weighted by Gasteiger charge is -2.38. The predicted molar refractivity (Wildman–Crippen MR) is 135 cm³/mol. The molecule has 4 aromatic rings. The Kier molecular flexibility index (Phi) is 6.20. The van der Waals surface area contributed by atoms with Crippen molar-refractivity contribution in [1.82, 2.24) is 29.6 Å². The van der Waals surface area contributed by atoms with Gasteiger partial charge in [-0.15, -0.1) is 0 Å². The van der Waals surface area contributed by atoms with E-state index < -0.39 is 24.1 Å². The van der Waals surface area contributed by atoms with E-state index in [0.29, 0.717) is 48.0 Å². The van der Waals surface area contributed by atoms with E-state index in [9.17, 15) is 22.4 Å². The Balaban J connectivity index is 1.17. The fourth-order valence-electron chi connectivity index (χ4n) is 4.96. The molecule has 1 fully saturated rings. The molecule has 3 aromatic heterocycles. The Bertz CT molecular complexity index is 1530. The maximum Gasteiger partial charge on any atom is 0.270 e. The van der Waals surface area contributed by atoms with Crippen molar-refractivity contribution in [2.75, 3.05) is 29.9 Å². The van der Waals surface area contributed by atoms with E-state index in [1.54, 1.807) is 35.9 Å². The number of hydrogen-bond acceptors (Lipinski definition) is 6. The van der Waals surface area contributed by atoms with Crippen LogP contribution in [0.5, 0.6) is 0 Å². The van der Waals surface area contributed by atoms with E-state index in [-0.39, 0.29) is 24.8 Å². The zero-order chi connectivity index (χ0) is 27.3. The lowest BCUT2D eigenvalue weighted by Crippen LogP contribution is -2.53. The molecule has 1 amide bonds. The third-order valence-corrected chi connectivity index (χ3v) is 7.28. The summed E-state index contributed by atoms with van der Waals surface area (Å²) in [6.07, 6.45) is 0.673. The summed E-state index contributed by atoms with van der Waals surface area (Å²) < 4.78 is 55.8. The van der Waals surface area contributed by atoms with Crippen molar-refractivity contribution in [2.24, 2.45) is 13.0 Å². The highest BCUT2D eigenvalue weighted by Gasteiger charge is 2.38. The maximum atomic E-state index is 14.6. The Morgan fingerprint density at radius 3 is 2.62 bits per heavy atom. The molecule has 1 aromatic carbocycles. The predicted octanol–water partition coefficient (Wildman–Crippen LogP) is 4.13. The number of carbonyl (C=O) groups is 1. The van der Waals surface area contributed by atoms with Crippen LogP contribution in [-0.2, 0) is 20.0 Å². The van der Waals surface area contributed by atoms with Crippen molar-refractivity contribution in [3.8, 4) is 11.1 Å². The zero-order valence-electron chi connectivity index (χ0n) is 20.8. The van der Waals surface area contributed by atoms with Crippen molar-refractivity contribution in [3.63, 3.8) is 0 Å². The Hall–Kier alpha value is -4.42. The summed E-state index contributed by atoms with van der Waals surface area (Å²) in [4.78, 5) is 24.8. The number of aromatic nitrogens is 5. The van der Waals surface area contributed by atoms with E-state index >= 15 is 0 Å². The van der Waals surface area contributed by atoms with E-state index in [2.05, 4.69) is 25.5 Å². The monoisotopic (exact) mass is 540 g/mol. The average molecular weight is 541 g/mol. The van der Waals surface area contributed by atoms with Crippen LogP contribution >= 0.6 is 0 Å². The van der Waals surface area contributed by atoms with E-state index in [4.69, 9.17) is 0 Å². The molecule has 0 bridgehead atoms. The third kappa shape index (κ3) is 4.57. The maximum absolute atomic E-state index is 14.6. The average Bonchev–Trinajstić information content (AvgIpc) is 3.47. The van der Waals surface area contributed by atoms with Gasteiger partial charge in [-0.25, -0.2) is 18.2 Å². The molecule has 6 rings (SSSR count). The van der Waals surface area contributed by atoms with Gasteiger partial charge in [-0.3, -0.25) is 9.89 Å². The minimum atomic E-state index is -2.43. The number of nitrogens with one attached hydrogen (secondary N) is 2. The molecule has 0 spiro atoms. The SMILES string of the molecule is Cn1c(C(=O)N2CC(C(F)F)C2)cc2c1CN(c1ncc(F)c(Nc3ccc(-c4cn[nH]c4F)cc3)n1)CC2. The molecule has 5 heterocycles. The number of amides is 1. The highest BCUT2D eigenvalue weighted by molar-refractivity contribution is 5.94. The van der Waals surface area contributed by atoms with Crippen molar-refractivity contribution in [2.45, 2.75) is 19.4 Å². The number of aromatic amines is 1. The fraction of sp³-hybridized carbons (Fsp3) is 0.308. The van der Waals surface area contributed by atoms with Gasteiger partial charge in [0.1, 0.15) is 5.69 Å². The van der Waals surface area contributed by atoms with Crippen molar-refractivity contribution in [3.05, 3.63) is 71.4 Å². The first-order chi connectivity index (χ1) is 18.8. The molecule has 9 nitrogen and oxygen atoms in total. The number of benzene rings is 1. The van der Waals surface area contributed by atoms with Gasteiger partial charge in [-0.1, -0.05) is 12.1 Å². The minimum Gasteiger partial charge on any atom is -0.342 e. The van der Waals surface area contributed by atoms with Gasteiger partial charge in [-0.2, -0.15) is 14.5 Å². The number of rotatable bonds is 6. The number of hydrogen-bond donors (Lipinski definition) is 2. The lowest BCUT2D eigenvalue weighted by atomic mass is 10.0. The van der Waals surface area contributed by atoms with Crippen molar-refractivity contribution in [1.29, 1.82) is 0 Å². The van der Waals surface area contributed by atoms with Crippen LogP contribution in [0.2, 0.25) is 0 Å². The van der Waals surface area contributed by atoms with Gasteiger partial charge in [0, 0.05) is 38.1 Å². The summed E-state index contributed by atoms with van der Waals surface area (Å²) in [6, 6.07) is 8.55. The molecule has 13 heteroatoms. The molecule has 2 aliphatic heterocycles. The van der Waals surface area contributed by atoms with Crippen LogP contribution in [0.1, 0.15) is 21.7 Å². The number of H-pyrrole nitrogens is 1. The summed E-state index contributed by atoms with van der Waals surface area (Å²) in [6.45, 7) is 1.06. The van der Waals surface area contributed by atoms with Gasteiger partial charge in [0.05, 0.1) is 30.4 Å². The van der Waals surface area contributed by atoms with Gasteiger partial charge in [0.2, 0.25) is 18.3 Å². The Labute approximate surface area is 220 Å². The van der Waals surface area contributed by atoms with E-state index in [1.807, 2.05) is 11.0 Å². The summed E-state index contributed by atoms with van der Waals surface area (Å²) in [5.74, 6) is -1.90. The molecular formula is C26H24F4N8O. The largest absolute Gasteiger partial charge is 0.342 e. The molecular weight excluding hydrogens is 516 g/mol. The quantitative estimate of drug-likeness (QED) is 0.358. The van der Waals surface area contributed by atoms with Crippen LogP contribution in [0.25, 0.3) is 11.1 Å². The van der Waals surface area contributed by atoms with Crippen LogP contribution in [0.15, 0.2) is 42.7 Å². The molecule has 202 valence electrons. The minimum absolute atomic E-state index is 0.0119. The second-order valence-electron chi connectivity index (χ2n) is 9.70. The van der Waals surface area contributed by atoms with Gasteiger partial charge >= 0.3 is 0 Å². The first kappa shape index (κ1) is 24.9. The molecule has 1 saturated heterocycles. The van der Waals surface area contributed by atoms with Crippen molar-refractivity contribution < 1.29 is 22.4 Å². The number of alkyl halides is 2. The first-order valence-corrected chi connectivity index (χ1v) is 12.4.